The number of nitrogens with zero attached hydrogens (tertiary/aromatic N) is 5. The van der Waals surface area contributed by atoms with E-state index in [0.29, 0.717) is 18.1 Å². The first kappa shape index (κ1) is 16.3. The summed E-state index contributed by atoms with van der Waals surface area (Å²) in [5.74, 6) is 1.35. The molecule has 132 valence electrons. The number of rotatable bonds is 5. The van der Waals surface area contributed by atoms with Crippen molar-refractivity contribution in [2.75, 3.05) is 13.2 Å². The summed E-state index contributed by atoms with van der Waals surface area (Å²) in [6.07, 6.45) is 10.4. The van der Waals surface area contributed by atoms with Crippen molar-refractivity contribution in [3.63, 3.8) is 0 Å². The molecule has 7 nitrogen and oxygen atoms in total. The van der Waals surface area contributed by atoms with Crippen LogP contribution in [0.3, 0.4) is 0 Å². The normalized spacial score (nSPS) is 16.6. The molecule has 26 heavy (non-hydrogen) atoms. The maximum atomic E-state index is 12.7. The summed E-state index contributed by atoms with van der Waals surface area (Å²) in [4.78, 5) is 27.5. The van der Waals surface area contributed by atoms with Crippen LogP contribution in [-0.4, -0.2) is 43.5 Å². The van der Waals surface area contributed by atoms with Crippen LogP contribution in [0.5, 0.6) is 5.75 Å². The van der Waals surface area contributed by atoms with Crippen molar-refractivity contribution in [2.45, 2.75) is 18.9 Å². The molecule has 1 amide bonds. The molecule has 4 rings (SSSR count). The van der Waals surface area contributed by atoms with E-state index in [9.17, 15) is 4.79 Å². The van der Waals surface area contributed by atoms with E-state index in [2.05, 4.69) is 15.0 Å². The highest BCUT2D eigenvalue weighted by atomic mass is 16.5. The van der Waals surface area contributed by atoms with Gasteiger partial charge in [-0.05, 0) is 25.0 Å². The van der Waals surface area contributed by atoms with E-state index in [0.717, 1.165) is 18.5 Å². The smallest absolute Gasteiger partial charge is 0.261 e. The zero-order chi connectivity index (χ0) is 17.8. The van der Waals surface area contributed by atoms with Gasteiger partial charge in [0.25, 0.3) is 5.91 Å². The molecule has 3 heterocycles. The van der Waals surface area contributed by atoms with Crippen LogP contribution in [0.15, 0.2) is 61.4 Å². The van der Waals surface area contributed by atoms with E-state index in [1.165, 1.54) is 0 Å². The Kier molecular flexibility index (Phi) is 4.59. The number of para-hydroxylation sites is 1. The Morgan fingerprint density at radius 1 is 1.19 bits per heavy atom. The summed E-state index contributed by atoms with van der Waals surface area (Å²) in [6, 6.07) is 9.30. The van der Waals surface area contributed by atoms with Crippen LogP contribution in [-0.2, 0) is 4.79 Å². The number of hydrogen-bond acceptors (Lipinski definition) is 5. The molecule has 0 unspecified atom stereocenters. The monoisotopic (exact) mass is 349 g/mol. The van der Waals surface area contributed by atoms with Crippen molar-refractivity contribution in [3.05, 3.63) is 67.1 Å². The van der Waals surface area contributed by atoms with Crippen LogP contribution >= 0.6 is 0 Å². The van der Waals surface area contributed by atoms with Gasteiger partial charge in [0, 0.05) is 18.9 Å². The third kappa shape index (κ3) is 3.42. The fourth-order valence-electron chi connectivity index (χ4n) is 3.17. The molecule has 0 N–H and O–H groups in total. The second kappa shape index (κ2) is 7.35. The Hall–Kier alpha value is -3.22. The summed E-state index contributed by atoms with van der Waals surface area (Å²) in [5, 5.41) is 0. The van der Waals surface area contributed by atoms with E-state index in [1.54, 1.807) is 29.5 Å². The number of benzene rings is 1. The van der Waals surface area contributed by atoms with Crippen molar-refractivity contribution < 1.29 is 9.53 Å². The van der Waals surface area contributed by atoms with Crippen LogP contribution in [0.4, 0.5) is 0 Å². The molecular formula is C19H19N5O2. The third-order valence-electron chi connectivity index (χ3n) is 4.43. The molecule has 7 heteroatoms. The van der Waals surface area contributed by atoms with Gasteiger partial charge in [-0.1, -0.05) is 18.2 Å². The van der Waals surface area contributed by atoms with Crippen LogP contribution in [0.2, 0.25) is 0 Å². The van der Waals surface area contributed by atoms with Gasteiger partial charge in [-0.3, -0.25) is 14.3 Å². The number of carbonyl (C=O) groups is 1. The number of carbonyl (C=O) groups excluding carboxylic acids is 1. The lowest BCUT2D eigenvalue weighted by atomic mass is 10.1. The van der Waals surface area contributed by atoms with Crippen LogP contribution in [0, 0.1) is 0 Å². The molecule has 1 aliphatic heterocycles. The topological polar surface area (TPSA) is 73.1 Å². The average Bonchev–Trinajstić information content (AvgIpc) is 3.39. The molecule has 1 atom stereocenters. The van der Waals surface area contributed by atoms with Gasteiger partial charge in [-0.15, -0.1) is 0 Å². The molecule has 1 aromatic carbocycles. The lowest BCUT2D eigenvalue weighted by Crippen LogP contribution is -2.35. The minimum Gasteiger partial charge on any atom is -0.484 e. The Balaban J connectivity index is 1.48. The van der Waals surface area contributed by atoms with Gasteiger partial charge in [-0.2, -0.15) is 0 Å². The third-order valence-corrected chi connectivity index (χ3v) is 4.43. The Labute approximate surface area is 151 Å². The number of aromatic nitrogens is 4. The van der Waals surface area contributed by atoms with Gasteiger partial charge in [0.05, 0.1) is 24.1 Å². The predicted molar refractivity (Wildman–Crippen MR) is 94.8 cm³/mol. The number of hydrogen-bond donors (Lipinski definition) is 0. The fourth-order valence-corrected chi connectivity index (χ4v) is 3.17. The van der Waals surface area contributed by atoms with Gasteiger partial charge >= 0.3 is 0 Å². The molecule has 0 radical (unpaired) electrons. The molecule has 1 saturated heterocycles. The minimum atomic E-state index is -0.0714. The molecule has 0 saturated carbocycles. The van der Waals surface area contributed by atoms with Crippen LogP contribution in [0.1, 0.15) is 24.6 Å². The van der Waals surface area contributed by atoms with Gasteiger partial charge < -0.3 is 9.64 Å². The van der Waals surface area contributed by atoms with E-state index >= 15 is 0 Å². The van der Waals surface area contributed by atoms with Crippen LogP contribution in [0.25, 0.3) is 5.82 Å². The first-order chi connectivity index (χ1) is 12.8. The summed E-state index contributed by atoms with van der Waals surface area (Å²) < 4.78 is 7.41. The standard InChI is InChI=1S/C19H19N5O2/c25-19(13-26-15-5-2-1-3-6-15)24-9-4-7-17(24)16-11-21-12-18(22-16)23-10-8-20-14-23/h1-3,5-6,8,10-12,14,17H,4,7,9,13H2/t17-/m0/s1. The number of imidazole rings is 1. The number of ether oxygens (including phenoxy) is 1. The molecule has 2 aromatic heterocycles. The van der Waals surface area contributed by atoms with E-state index < -0.39 is 0 Å². The van der Waals surface area contributed by atoms with Gasteiger partial charge in [0.15, 0.2) is 12.4 Å². The molecule has 0 bridgehead atoms. The van der Waals surface area contributed by atoms with Gasteiger partial charge in [0.2, 0.25) is 0 Å². The van der Waals surface area contributed by atoms with Crippen molar-refractivity contribution in [2.24, 2.45) is 0 Å². The van der Waals surface area contributed by atoms with E-state index in [-0.39, 0.29) is 18.6 Å². The molecule has 3 aromatic rings. The van der Waals surface area contributed by atoms with E-state index in [4.69, 9.17) is 4.74 Å². The lowest BCUT2D eigenvalue weighted by molar-refractivity contribution is -0.134. The molecule has 0 aliphatic carbocycles. The maximum Gasteiger partial charge on any atom is 0.261 e. The lowest BCUT2D eigenvalue weighted by Gasteiger charge is -2.24. The second-order valence-electron chi connectivity index (χ2n) is 6.12. The van der Waals surface area contributed by atoms with Crippen molar-refractivity contribution in [1.82, 2.24) is 24.4 Å². The fraction of sp³-hybridized carbons (Fsp3) is 0.263. The highest BCUT2D eigenvalue weighted by molar-refractivity contribution is 5.78. The molecular weight excluding hydrogens is 330 g/mol. The highest BCUT2D eigenvalue weighted by Crippen LogP contribution is 2.31. The van der Waals surface area contributed by atoms with Crippen molar-refractivity contribution >= 4 is 5.91 Å². The Morgan fingerprint density at radius 3 is 2.88 bits per heavy atom. The molecule has 1 aliphatic rings. The quantitative estimate of drug-likeness (QED) is 0.707. The van der Waals surface area contributed by atoms with Crippen molar-refractivity contribution in [3.8, 4) is 11.6 Å². The Bertz CT molecular complexity index is 867. The zero-order valence-corrected chi connectivity index (χ0v) is 14.2. The summed E-state index contributed by atoms with van der Waals surface area (Å²) >= 11 is 0. The van der Waals surface area contributed by atoms with Crippen molar-refractivity contribution in [1.29, 1.82) is 0 Å². The first-order valence-electron chi connectivity index (χ1n) is 8.59. The van der Waals surface area contributed by atoms with E-state index in [1.807, 2.05) is 41.4 Å². The van der Waals surface area contributed by atoms with Gasteiger partial charge in [0.1, 0.15) is 12.1 Å². The predicted octanol–water partition coefficient (Wildman–Crippen LogP) is 2.40. The summed E-state index contributed by atoms with van der Waals surface area (Å²) in [6.45, 7) is 0.730. The highest BCUT2D eigenvalue weighted by Gasteiger charge is 2.31. The molecule has 1 fully saturated rings. The van der Waals surface area contributed by atoms with Crippen LogP contribution < -0.4 is 4.74 Å². The summed E-state index contributed by atoms with van der Waals surface area (Å²) in [5.41, 5.74) is 0.793. The largest absolute Gasteiger partial charge is 0.484 e. The average molecular weight is 349 g/mol. The summed E-state index contributed by atoms with van der Waals surface area (Å²) in [7, 11) is 0. The second-order valence-corrected chi connectivity index (χ2v) is 6.12. The number of likely N-dealkylation sites (tertiary alicyclic amines) is 1. The SMILES string of the molecule is O=C(COc1ccccc1)N1CCC[C@H]1c1cncc(-n2ccnc2)n1. The van der Waals surface area contributed by atoms with Gasteiger partial charge in [-0.25, -0.2) is 9.97 Å². The minimum absolute atomic E-state index is 0.0230. The first-order valence-corrected chi connectivity index (χ1v) is 8.59. The molecule has 0 spiro atoms. The number of amides is 1. The Morgan fingerprint density at radius 2 is 2.08 bits per heavy atom. The zero-order valence-electron chi connectivity index (χ0n) is 14.2. The maximum absolute atomic E-state index is 12.7.